The van der Waals surface area contributed by atoms with Crippen molar-refractivity contribution in [2.24, 2.45) is 0 Å². The maximum absolute atomic E-state index is 14.2. The molecule has 32 heavy (non-hydrogen) atoms. The summed E-state index contributed by atoms with van der Waals surface area (Å²) in [7, 11) is 0. The summed E-state index contributed by atoms with van der Waals surface area (Å²) in [5.74, 6) is 1.51. The third-order valence-electron chi connectivity index (χ3n) is 6.21. The van der Waals surface area contributed by atoms with Crippen LogP contribution < -0.4 is 10.1 Å². The van der Waals surface area contributed by atoms with Gasteiger partial charge >= 0.3 is 0 Å². The number of fused-ring (bicyclic) bond motifs is 1. The smallest absolute Gasteiger partial charge is 0.180 e. The molecule has 1 fully saturated rings. The Morgan fingerprint density at radius 2 is 2.16 bits per heavy atom. The zero-order valence-electron chi connectivity index (χ0n) is 17.8. The number of nitrogens with one attached hydrogen (secondary N) is 1. The summed E-state index contributed by atoms with van der Waals surface area (Å²) in [6.45, 7) is 3.84. The molecule has 6 rings (SSSR count). The Bertz CT molecular complexity index is 1290. The van der Waals surface area contributed by atoms with Gasteiger partial charge in [0.05, 0.1) is 17.9 Å². The topological polar surface area (TPSA) is 91.9 Å². The summed E-state index contributed by atoms with van der Waals surface area (Å²) in [6, 6.07) is 3.20. The number of rotatable bonds is 5. The van der Waals surface area contributed by atoms with Gasteiger partial charge in [-0.15, -0.1) is 0 Å². The van der Waals surface area contributed by atoms with Crippen molar-refractivity contribution in [2.75, 3.05) is 25.1 Å². The Labute approximate surface area is 183 Å². The average Bonchev–Trinajstić information content (AvgIpc) is 3.41. The van der Waals surface area contributed by atoms with Crippen LogP contribution in [0.5, 0.6) is 5.75 Å². The third kappa shape index (κ3) is 3.09. The SMILES string of the molecule is C[C@H]1COc2c(F)ccc3nc(CCNc4ncnc5c4ncn5[C@@H]4CCCCO4)n1c23. The molecule has 5 heterocycles. The van der Waals surface area contributed by atoms with E-state index in [1.165, 1.54) is 6.07 Å². The largest absolute Gasteiger partial charge is 0.486 e. The van der Waals surface area contributed by atoms with Crippen molar-refractivity contribution in [3.05, 3.63) is 36.4 Å². The first-order chi connectivity index (χ1) is 15.7. The van der Waals surface area contributed by atoms with Gasteiger partial charge in [0.25, 0.3) is 0 Å². The van der Waals surface area contributed by atoms with Gasteiger partial charge in [-0.25, -0.2) is 24.3 Å². The van der Waals surface area contributed by atoms with Crippen LogP contribution in [0.3, 0.4) is 0 Å². The molecule has 1 N–H and O–H groups in total. The number of nitrogens with zero attached hydrogens (tertiary/aromatic N) is 6. The van der Waals surface area contributed by atoms with Crippen molar-refractivity contribution in [2.45, 2.75) is 44.9 Å². The summed E-state index contributed by atoms with van der Waals surface area (Å²) >= 11 is 0. The van der Waals surface area contributed by atoms with Gasteiger partial charge in [0.1, 0.15) is 30.5 Å². The minimum absolute atomic E-state index is 0.0275. The number of benzene rings is 1. The standard InChI is InChI=1S/C22H24FN7O2/c1-13-10-32-20-14(23)5-6-15-19(20)30(13)16(28-15)7-8-24-21-18-22(26-11-25-21)29(12-27-18)17-4-2-3-9-31-17/h5-6,11-13,17H,2-4,7-10H2,1H3,(H,24,25,26)/t13-,17-/m0/s1. The monoisotopic (exact) mass is 437 g/mol. The van der Waals surface area contributed by atoms with E-state index in [0.29, 0.717) is 31.1 Å². The first kappa shape index (κ1) is 19.4. The molecule has 0 spiro atoms. The van der Waals surface area contributed by atoms with Gasteiger partial charge < -0.3 is 19.4 Å². The van der Waals surface area contributed by atoms with Gasteiger partial charge in [-0.3, -0.25) is 4.57 Å². The second-order valence-electron chi connectivity index (χ2n) is 8.35. The predicted octanol–water partition coefficient (Wildman–Crippen LogP) is 3.62. The minimum Gasteiger partial charge on any atom is -0.486 e. The molecule has 0 unspecified atom stereocenters. The fourth-order valence-electron chi connectivity index (χ4n) is 4.68. The van der Waals surface area contributed by atoms with Crippen molar-refractivity contribution in [1.29, 1.82) is 0 Å². The van der Waals surface area contributed by atoms with E-state index in [4.69, 9.17) is 14.5 Å². The predicted molar refractivity (Wildman–Crippen MR) is 116 cm³/mol. The molecular formula is C22H24FN7O2. The van der Waals surface area contributed by atoms with E-state index in [1.54, 1.807) is 18.7 Å². The fraction of sp³-hybridized carbons (Fsp3) is 0.455. The van der Waals surface area contributed by atoms with Crippen LogP contribution in [0.15, 0.2) is 24.8 Å². The van der Waals surface area contributed by atoms with Crippen LogP contribution in [0.2, 0.25) is 0 Å². The normalized spacial score (nSPS) is 20.6. The van der Waals surface area contributed by atoms with Crippen molar-refractivity contribution in [3.8, 4) is 5.75 Å². The highest BCUT2D eigenvalue weighted by atomic mass is 19.1. The molecule has 0 saturated carbocycles. The van der Waals surface area contributed by atoms with Crippen LogP contribution in [0.25, 0.3) is 22.2 Å². The summed E-state index contributed by atoms with van der Waals surface area (Å²) in [5, 5.41) is 3.38. The van der Waals surface area contributed by atoms with Crippen molar-refractivity contribution in [1.82, 2.24) is 29.1 Å². The molecule has 2 aliphatic heterocycles. The Morgan fingerprint density at radius 3 is 3.03 bits per heavy atom. The number of aromatic nitrogens is 6. The molecule has 0 aliphatic carbocycles. The molecule has 9 nitrogen and oxygen atoms in total. The van der Waals surface area contributed by atoms with Crippen LogP contribution in [0.1, 0.15) is 44.3 Å². The summed E-state index contributed by atoms with van der Waals surface area (Å²) < 4.78 is 29.8. The third-order valence-corrected chi connectivity index (χ3v) is 6.21. The van der Waals surface area contributed by atoms with Crippen LogP contribution in [-0.4, -0.2) is 48.8 Å². The molecule has 166 valence electrons. The van der Waals surface area contributed by atoms with Gasteiger partial charge in [0, 0.05) is 19.6 Å². The van der Waals surface area contributed by atoms with E-state index in [1.807, 2.05) is 4.57 Å². The Kier molecular flexibility index (Phi) is 4.67. The summed E-state index contributed by atoms with van der Waals surface area (Å²) in [5.41, 5.74) is 2.97. The van der Waals surface area contributed by atoms with Gasteiger partial charge in [-0.1, -0.05) is 0 Å². The zero-order valence-corrected chi connectivity index (χ0v) is 17.8. The number of anilines is 1. The molecular weight excluding hydrogens is 413 g/mol. The van der Waals surface area contributed by atoms with Gasteiger partial charge in [-0.2, -0.15) is 0 Å². The molecule has 4 aromatic rings. The average molecular weight is 437 g/mol. The highest BCUT2D eigenvalue weighted by Crippen LogP contribution is 2.36. The minimum atomic E-state index is -0.351. The lowest BCUT2D eigenvalue weighted by molar-refractivity contribution is -0.0298. The van der Waals surface area contributed by atoms with Crippen LogP contribution in [0, 0.1) is 5.82 Å². The quantitative estimate of drug-likeness (QED) is 0.510. The van der Waals surface area contributed by atoms with Gasteiger partial charge in [0.15, 0.2) is 28.5 Å². The Morgan fingerprint density at radius 1 is 1.22 bits per heavy atom. The fourth-order valence-corrected chi connectivity index (χ4v) is 4.68. The Balaban J connectivity index is 1.25. The van der Waals surface area contributed by atoms with E-state index >= 15 is 0 Å². The highest BCUT2D eigenvalue weighted by Gasteiger charge is 2.26. The van der Waals surface area contributed by atoms with E-state index in [-0.39, 0.29) is 18.1 Å². The number of halogens is 1. The van der Waals surface area contributed by atoms with Crippen LogP contribution in [0.4, 0.5) is 10.2 Å². The van der Waals surface area contributed by atoms with Crippen molar-refractivity contribution in [3.63, 3.8) is 0 Å². The second kappa shape index (κ2) is 7.70. The molecule has 1 saturated heterocycles. The number of imidazole rings is 2. The van der Waals surface area contributed by atoms with E-state index in [2.05, 4.69) is 31.8 Å². The van der Waals surface area contributed by atoms with Gasteiger partial charge in [0.2, 0.25) is 0 Å². The zero-order chi connectivity index (χ0) is 21.7. The van der Waals surface area contributed by atoms with E-state index in [9.17, 15) is 4.39 Å². The lowest BCUT2D eigenvalue weighted by Gasteiger charge is -2.24. The summed E-state index contributed by atoms with van der Waals surface area (Å²) in [6.07, 6.45) is 7.14. The van der Waals surface area contributed by atoms with E-state index < -0.39 is 0 Å². The molecule has 2 atom stereocenters. The van der Waals surface area contributed by atoms with E-state index in [0.717, 1.165) is 53.9 Å². The number of hydrogen-bond donors (Lipinski definition) is 1. The maximum atomic E-state index is 14.2. The summed E-state index contributed by atoms with van der Waals surface area (Å²) in [4.78, 5) is 18.1. The Hall–Kier alpha value is -3.27. The lowest BCUT2D eigenvalue weighted by atomic mass is 10.2. The van der Waals surface area contributed by atoms with Crippen molar-refractivity contribution < 1.29 is 13.9 Å². The number of ether oxygens (including phenoxy) is 2. The first-order valence-electron chi connectivity index (χ1n) is 11.1. The first-order valence-corrected chi connectivity index (χ1v) is 11.1. The van der Waals surface area contributed by atoms with Crippen molar-refractivity contribution >= 4 is 28.0 Å². The highest BCUT2D eigenvalue weighted by molar-refractivity contribution is 5.84. The molecule has 1 aromatic carbocycles. The molecule has 0 radical (unpaired) electrons. The van der Waals surface area contributed by atoms with Crippen LogP contribution in [-0.2, 0) is 11.2 Å². The molecule has 0 bridgehead atoms. The second-order valence-corrected chi connectivity index (χ2v) is 8.35. The van der Waals surface area contributed by atoms with Crippen LogP contribution >= 0.6 is 0 Å². The molecule has 0 amide bonds. The van der Waals surface area contributed by atoms with Gasteiger partial charge in [-0.05, 0) is 38.3 Å². The maximum Gasteiger partial charge on any atom is 0.180 e. The molecule has 10 heteroatoms. The number of hydrogen-bond acceptors (Lipinski definition) is 7. The molecule has 2 aliphatic rings. The lowest BCUT2D eigenvalue weighted by Crippen LogP contribution is -2.22. The molecule has 3 aromatic heterocycles.